The lowest BCUT2D eigenvalue weighted by atomic mass is 9.47. The van der Waals surface area contributed by atoms with Crippen molar-refractivity contribution >= 4 is 32.8 Å². The minimum Gasteiger partial charge on any atom is -0.286 e. The summed E-state index contributed by atoms with van der Waals surface area (Å²) >= 11 is 5.34. The van der Waals surface area contributed by atoms with E-state index in [-0.39, 0.29) is 4.83 Å². The number of allylic oxidation sites excluding steroid dienone is 2. The van der Waals surface area contributed by atoms with Crippen molar-refractivity contribution in [2.75, 3.05) is 0 Å². The molecule has 0 N–H and O–H groups in total. The molecule has 0 spiro atoms. The van der Waals surface area contributed by atoms with Gasteiger partial charge < -0.3 is 0 Å². The van der Waals surface area contributed by atoms with Crippen LogP contribution < -0.4 is 0 Å². The van der Waals surface area contributed by atoms with Gasteiger partial charge in [0.1, 0.15) is 0 Å². The molecule has 0 amide bonds. The Morgan fingerprint density at radius 1 is 0.972 bits per heavy atom. The Kier molecular flexibility index (Phi) is 10.6. The van der Waals surface area contributed by atoms with E-state index in [1.165, 1.54) is 89.9 Å². The molecule has 8 atom stereocenters. The maximum absolute atomic E-state index is 12.8. The van der Waals surface area contributed by atoms with Crippen molar-refractivity contribution in [2.45, 2.75) is 153 Å². The highest BCUT2D eigenvalue weighted by Crippen LogP contribution is 2.67. The standard InChI is InChI=1S/C33H55BrOS/c1-5-7-9-10-11-12-13-24-16-18-28-27-17-15-25-23-26(36-31(35)30(34)14-8-6-2)19-21-33(25,4)29(27)20-22-32(24,28)3/h15,24,26-30H,5-14,16-23H2,1-4H3/t24?,26-,27?,28?,29?,30?,32+,33-/m0/s1. The topological polar surface area (TPSA) is 17.1 Å². The minimum atomic E-state index is 0.0446. The highest BCUT2D eigenvalue weighted by atomic mass is 79.9. The van der Waals surface area contributed by atoms with Crippen LogP contribution in [-0.2, 0) is 4.79 Å². The van der Waals surface area contributed by atoms with Crippen LogP contribution in [0.3, 0.4) is 0 Å². The van der Waals surface area contributed by atoms with Crippen LogP contribution >= 0.6 is 27.7 Å². The first-order chi connectivity index (χ1) is 17.3. The highest BCUT2D eigenvalue weighted by Gasteiger charge is 2.58. The van der Waals surface area contributed by atoms with E-state index in [1.807, 2.05) is 0 Å². The molecule has 0 radical (unpaired) electrons. The summed E-state index contributed by atoms with van der Waals surface area (Å²) in [7, 11) is 0. The third kappa shape index (κ3) is 6.18. The molecule has 0 aromatic carbocycles. The molecule has 3 fully saturated rings. The summed E-state index contributed by atoms with van der Waals surface area (Å²) in [6.07, 6.45) is 27.0. The molecule has 0 bridgehead atoms. The van der Waals surface area contributed by atoms with Crippen molar-refractivity contribution in [1.82, 2.24) is 0 Å². The summed E-state index contributed by atoms with van der Waals surface area (Å²) in [5, 5.41) is 0.874. The monoisotopic (exact) mass is 578 g/mol. The summed E-state index contributed by atoms with van der Waals surface area (Å²) < 4.78 is 0. The van der Waals surface area contributed by atoms with Crippen molar-refractivity contribution in [2.24, 2.45) is 34.5 Å². The SMILES string of the molecule is CCCCCCCCC1CCC2C3CC=C4C[C@@H](SC(=O)C(Br)CCCC)CC[C@]4(C)C3CC[C@]12C. The van der Waals surface area contributed by atoms with Crippen molar-refractivity contribution in [3.05, 3.63) is 11.6 Å². The quantitative estimate of drug-likeness (QED) is 0.130. The van der Waals surface area contributed by atoms with E-state index in [2.05, 4.69) is 49.7 Å². The molecular formula is C33H55BrOS. The number of fused-ring (bicyclic) bond motifs is 5. The number of alkyl halides is 1. The average molecular weight is 580 g/mol. The number of thioether (sulfide) groups is 1. The summed E-state index contributed by atoms with van der Waals surface area (Å²) in [6.45, 7) is 9.85. The van der Waals surface area contributed by atoms with Crippen LogP contribution in [-0.4, -0.2) is 15.2 Å². The van der Waals surface area contributed by atoms with Crippen LogP contribution in [0.2, 0.25) is 0 Å². The van der Waals surface area contributed by atoms with Crippen LogP contribution in [0.15, 0.2) is 11.6 Å². The fourth-order valence-electron chi connectivity index (χ4n) is 9.22. The van der Waals surface area contributed by atoms with Gasteiger partial charge >= 0.3 is 0 Å². The van der Waals surface area contributed by atoms with Crippen LogP contribution in [0.25, 0.3) is 0 Å². The zero-order chi connectivity index (χ0) is 25.8. The van der Waals surface area contributed by atoms with Crippen LogP contribution in [0, 0.1) is 34.5 Å². The lowest BCUT2D eigenvalue weighted by molar-refractivity contribution is -0.110. The van der Waals surface area contributed by atoms with Crippen molar-refractivity contribution in [1.29, 1.82) is 0 Å². The summed E-state index contributed by atoms with van der Waals surface area (Å²) in [4.78, 5) is 12.9. The molecule has 4 aliphatic carbocycles. The molecule has 3 saturated carbocycles. The highest BCUT2D eigenvalue weighted by molar-refractivity contribution is 9.10. The van der Waals surface area contributed by atoms with Gasteiger partial charge in [-0.3, -0.25) is 4.79 Å². The Bertz CT molecular complexity index is 763. The number of carbonyl (C=O) groups is 1. The Hall–Kier alpha value is 0.240. The lowest BCUT2D eigenvalue weighted by Gasteiger charge is -2.58. The van der Waals surface area contributed by atoms with Gasteiger partial charge in [-0.05, 0) is 98.7 Å². The average Bonchev–Trinajstić information content (AvgIpc) is 3.21. The summed E-state index contributed by atoms with van der Waals surface area (Å²) in [5.74, 6) is 3.74. The molecule has 4 aliphatic rings. The Balaban J connectivity index is 1.34. The Morgan fingerprint density at radius 2 is 1.72 bits per heavy atom. The van der Waals surface area contributed by atoms with E-state index in [0.717, 1.165) is 49.4 Å². The molecule has 0 heterocycles. The van der Waals surface area contributed by atoms with Crippen LogP contribution in [0.1, 0.15) is 143 Å². The molecule has 4 rings (SSSR count). The fraction of sp³-hybridized carbons (Fsp3) is 0.909. The summed E-state index contributed by atoms with van der Waals surface area (Å²) in [5.41, 5.74) is 2.73. The van der Waals surface area contributed by atoms with E-state index in [9.17, 15) is 4.79 Å². The van der Waals surface area contributed by atoms with E-state index in [4.69, 9.17) is 0 Å². The Morgan fingerprint density at radius 3 is 2.50 bits per heavy atom. The number of hydrogen-bond acceptors (Lipinski definition) is 2. The lowest BCUT2D eigenvalue weighted by Crippen LogP contribution is -2.50. The minimum absolute atomic E-state index is 0.0446. The molecule has 0 saturated heterocycles. The third-order valence-electron chi connectivity index (χ3n) is 11.5. The molecule has 5 unspecified atom stereocenters. The van der Waals surface area contributed by atoms with E-state index in [0.29, 0.717) is 21.2 Å². The third-order valence-corrected chi connectivity index (χ3v) is 13.9. The molecule has 0 aliphatic heterocycles. The van der Waals surface area contributed by atoms with Gasteiger partial charge in [-0.2, -0.15) is 0 Å². The van der Waals surface area contributed by atoms with Gasteiger partial charge in [0, 0.05) is 5.25 Å². The van der Waals surface area contributed by atoms with Gasteiger partial charge in [0.05, 0.1) is 4.83 Å². The second-order valence-corrected chi connectivity index (χ2v) is 16.0. The molecular weight excluding hydrogens is 524 g/mol. The Labute approximate surface area is 236 Å². The molecule has 0 aromatic heterocycles. The first-order valence-electron chi connectivity index (χ1n) is 15.9. The number of carbonyl (C=O) groups excluding carboxylic acids is 1. The molecule has 0 aromatic rings. The number of rotatable bonds is 12. The first-order valence-corrected chi connectivity index (χ1v) is 17.7. The fourth-order valence-corrected chi connectivity index (χ4v) is 11.0. The van der Waals surface area contributed by atoms with Gasteiger partial charge in [0.2, 0.25) is 5.12 Å². The maximum atomic E-state index is 12.8. The largest absolute Gasteiger partial charge is 0.286 e. The van der Waals surface area contributed by atoms with Gasteiger partial charge in [0.25, 0.3) is 0 Å². The van der Waals surface area contributed by atoms with Crippen molar-refractivity contribution < 1.29 is 4.79 Å². The van der Waals surface area contributed by atoms with E-state index in [1.54, 1.807) is 17.3 Å². The van der Waals surface area contributed by atoms with Crippen molar-refractivity contribution in [3.8, 4) is 0 Å². The van der Waals surface area contributed by atoms with Gasteiger partial charge in [-0.15, -0.1) is 0 Å². The number of unbranched alkanes of at least 4 members (excludes halogenated alkanes) is 6. The number of halogens is 1. The number of hydrogen-bond donors (Lipinski definition) is 0. The normalized spacial score (nSPS) is 38.6. The summed E-state index contributed by atoms with van der Waals surface area (Å²) in [6, 6.07) is 0. The smallest absolute Gasteiger partial charge is 0.202 e. The molecule has 1 nitrogen and oxygen atoms in total. The van der Waals surface area contributed by atoms with E-state index >= 15 is 0 Å². The second-order valence-electron chi connectivity index (χ2n) is 13.5. The first kappa shape index (κ1) is 29.2. The second kappa shape index (κ2) is 13.1. The maximum Gasteiger partial charge on any atom is 0.202 e. The zero-order valence-electron chi connectivity index (χ0n) is 24.0. The molecule has 36 heavy (non-hydrogen) atoms. The zero-order valence-corrected chi connectivity index (χ0v) is 26.4. The van der Waals surface area contributed by atoms with Crippen LogP contribution in [0.5, 0.6) is 0 Å². The van der Waals surface area contributed by atoms with Crippen LogP contribution in [0.4, 0.5) is 0 Å². The van der Waals surface area contributed by atoms with Gasteiger partial charge in [-0.25, -0.2) is 0 Å². The predicted octanol–water partition coefficient (Wildman–Crippen LogP) is 10.9. The van der Waals surface area contributed by atoms with Crippen molar-refractivity contribution in [3.63, 3.8) is 0 Å². The van der Waals surface area contributed by atoms with E-state index < -0.39 is 0 Å². The predicted molar refractivity (Wildman–Crippen MR) is 162 cm³/mol. The van der Waals surface area contributed by atoms with Gasteiger partial charge in [-0.1, -0.05) is 118 Å². The molecule has 206 valence electrons. The molecule has 3 heteroatoms. The van der Waals surface area contributed by atoms with Gasteiger partial charge in [0.15, 0.2) is 0 Å².